The highest BCUT2D eigenvalue weighted by Crippen LogP contribution is 2.03. The zero-order valence-corrected chi connectivity index (χ0v) is 8.93. The number of nitrogens with one attached hydrogen (secondary N) is 1. The minimum absolute atomic E-state index is 0.120. The van der Waals surface area contributed by atoms with Gasteiger partial charge in [-0.05, 0) is 25.8 Å². The Morgan fingerprint density at radius 2 is 2.06 bits per heavy atom. The van der Waals surface area contributed by atoms with E-state index in [0.717, 1.165) is 19.4 Å². The van der Waals surface area contributed by atoms with Gasteiger partial charge in [-0.15, -0.1) is 0 Å². The van der Waals surface area contributed by atoms with E-state index in [2.05, 4.69) is 5.32 Å². The Morgan fingerprint density at radius 3 is 2.25 bits per heavy atom. The summed E-state index contributed by atoms with van der Waals surface area (Å²) in [4.78, 5) is 20.0. The molecule has 0 aromatic heterocycles. The van der Waals surface area contributed by atoms with E-state index in [1.54, 1.807) is 0 Å². The number of hydrogen-bond acceptors (Lipinski definition) is 5. The molecule has 0 unspecified atom stereocenters. The first-order chi connectivity index (χ1) is 7.49. The normalized spacial score (nSPS) is 20.8. The number of aliphatic hydroxyl groups is 1. The van der Waals surface area contributed by atoms with Crippen molar-refractivity contribution in [2.45, 2.75) is 31.3 Å². The highest BCUT2D eigenvalue weighted by Gasteiger charge is 2.20. The largest absolute Gasteiger partial charge is 0.480 e. The highest BCUT2D eigenvalue weighted by atomic mass is 16.4. The molecule has 94 valence electrons. The maximum absolute atomic E-state index is 10.1. The first kappa shape index (κ1) is 14.8. The fourth-order valence-corrected chi connectivity index (χ4v) is 1.16. The third kappa shape index (κ3) is 6.33. The van der Waals surface area contributed by atoms with Crippen LogP contribution in [-0.4, -0.2) is 52.5 Å². The zero-order valence-electron chi connectivity index (χ0n) is 8.93. The van der Waals surface area contributed by atoms with Gasteiger partial charge in [0.2, 0.25) is 0 Å². The molecule has 6 N–H and O–H groups in total. The summed E-state index contributed by atoms with van der Waals surface area (Å²) in [6, 6.07) is -1.19. The molecule has 1 saturated heterocycles. The van der Waals surface area contributed by atoms with Crippen molar-refractivity contribution >= 4 is 11.9 Å². The molecule has 0 aromatic rings. The molecule has 2 atom stereocenters. The second-order valence-corrected chi connectivity index (χ2v) is 3.44. The van der Waals surface area contributed by atoms with Crippen molar-refractivity contribution in [1.82, 2.24) is 5.32 Å². The van der Waals surface area contributed by atoms with Crippen LogP contribution >= 0.6 is 0 Å². The first-order valence-electron chi connectivity index (χ1n) is 5.04. The molecule has 1 heterocycles. The highest BCUT2D eigenvalue weighted by molar-refractivity contribution is 5.73. The van der Waals surface area contributed by atoms with Crippen LogP contribution in [0.3, 0.4) is 0 Å². The number of aliphatic hydroxyl groups excluding tert-OH is 1. The van der Waals surface area contributed by atoms with E-state index < -0.39 is 18.0 Å². The van der Waals surface area contributed by atoms with Gasteiger partial charge in [-0.3, -0.25) is 9.59 Å². The Morgan fingerprint density at radius 1 is 1.44 bits per heavy atom. The number of carboxylic acids is 2. The van der Waals surface area contributed by atoms with Gasteiger partial charge in [0.25, 0.3) is 0 Å². The predicted molar refractivity (Wildman–Crippen MR) is 56.0 cm³/mol. The molecule has 1 rings (SSSR count). The van der Waals surface area contributed by atoms with Crippen molar-refractivity contribution in [1.29, 1.82) is 0 Å². The molecule has 0 aliphatic carbocycles. The minimum Gasteiger partial charge on any atom is -0.480 e. The van der Waals surface area contributed by atoms with Crippen molar-refractivity contribution in [2.75, 3.05) is 13.2 Å². The van der Waals surface area contributed by atoms with Gasteiger partial charge < -0.3 is 26.4 Å². The number of rotatable bonds is 4. The Hall–Kier alpha value is -1.18. The van der Waals surface area contributed by atoms with E-state index in [0.29, 0.717) is 0 Å². The monoisotopic (exact) mass is 234 g/mol. The van der Waals surface area contributed by atoms with E-state index in [1.807, 2.05) is 0 Å². The molecule has 16 heavy (non-hydrogen) atoms. The molecule has 0 aromatic carbocycles. The summed E-state index contributed by atoms with van der Waals surface area (Å²) in [6.07, 6.45) is 1.90. The van der Waals surface area contributed by atoms with Crippen molar-refractivity contribution in [3.05, 3.63) is 0 Å². The number of hydrogen-bond donors (Lipinski definition) is 5. The van der Waals surface area contributed by atoms with Gasteiger partial charge >= 0.3 is 11.9 Å². The molecular formula is C9H18N2O5. The van der Waals surface area contributed by atoms with Gasteiger partial charge in [-0.1, -0.05) is 0 Å². The van der Waals surface area contributed by atoms with Crippen LogP contribution in [0.1, 0.15) is 19.3 Å². The molecule has 0 spiro atoms. The fourth-order valence-electron chi connectivity index (χ4n) is 1.16. The number of carbonyl (C=O) groups is 2. The van der Waals surface area contributed by atoms with E-state index in [9.17, 15) is 9.59 Å². The molecule has 1 aliphatic heterocycles. The summed E-state index contributed by atoms with van der Waals surface area (Å²) in [5.41, 5.74) is 4.97. The average Bonchev–Trinajstić information content (AvgIpc) is 2.71. The van der Waals surface area contributed by atoms with Crippen LogP contribution in [0.25, 0.3) is 0 Å². The van der Waals surface area contributed by atoms with Crippen LogP contribution in [0.15, 0.2) is 0 Å². The van der Waals surface area contributed by atoms with Gasteiger partial charge in [0.15, 0.2) is 0 Å². The Labute approximate surface area is 93.3 Å². The van der Waals surface area contributed by atoms with Crippen LogP contribution in [-0.2, 0) is 9.59 Å². The maximum atomic E-state index is 10.1. The maximum Gasteiger partial charge on any atom is 0.320 e. The standard InChI is InChI=1S/C5H9NO2.C4H9NO3/c7-5(8)4-2-1-3-6-4;5-3(1-2-6)4(7)8/h4,6H,1-3H2,(H,7,8);3,6H,1-2,5H2,(H,7,8)/t4-;3-/m00/s1. The lowest BCUT2D eigenvalue weighted by Gasteiger charge is -2.00. The second-order valence-electron chi connectivity index (χ2n) is 3.44. The molecule has 0 bridgehead atoms. The fraction of sp³-hybridized carbons (Fsp3) is 0.778. The van der Waals surface area contributed by atoms with Crippen LogP contribution in [0, 0.1) is 0 Å². The molecule has 0 saturated carbocycles. The Kier molecular flexibility index (Phi) is 7.44. The third-order valence-corrected chi connectivity index (χ3v) is 2.12. The van der Waals surface area contributed by atoms with Gasteiger partial charge in [0.1, 0.15) is 12.1 Å². The summed E-state index contributed by atoms with van der Waals surface area (Å²) < 4.78 is 0. The van der Waals surface area contributed by atoms with Crippen molar-refractivity contribution < 1.29 is 24.9 Å². The molecule has 7 heteroatoms. The third-order valence-electron chi connectivity index (χ3n) is 2.12. The van der Waals surface area contributed by atoms with Gasteiger partial charge in [-0.25, -0.2) is 0 Å². The van der Waals surface area contributed by atoms with Crippen molar-refractivity contribution in [2.24, 2.45) is 5.73 Å². The lowest BCUT2D eigenvalue weighted by Crippen LogP contribution is -2.30. The van der Waals surface area contributed by atoms with E-state index in [4.69, 9.17) is 21.1 Å². The molecule has 1 fully saturated rings. The minimum atomic E-state index is -1.07. The first-order valence-corrected chi connectivity index (χ1v) is 5.04. The van der Waals surface area contributed by atoms with Crippen LogP contribution in [0.5, 0.6) is 0 Å². The SMILES string of the molecule is N[C@@H](CCO)C(=O)O.O=C(O)[C@@H]1CCCN1. The van der Waals surface area contributed by atoms with Gasteiger partial charge in [0.05, 0.1) is 0 Å². The smallest absolute Gasteiger partial charge is 0.320 e. The van der Waals surface area contributed by atoms with Crippen molar-refractivity contribution in [3.8, 4) is 0 Å². The summed E-state index contributed by atoms with van der Waals surface area (Å²) in [6.45, 7) is 0.685. The zero-order chi connectivity index (χ0) is 12.6. The van der Waals surface area contributed by atoms with Crippen LogP contribution in [0.4, 0.5) is 0 Å². The van der Waals surface area contributed by atoms with E-state index in [1.165, 1.54) is 0 Å². The average molecular weight is 234 g/mol. The molecule has 0 amide bonds. The van der Waals surface area contributed by atoms with E-state index >= 15 is 0 Å². The molecule has 7 nitrogen and oxygen atoms in total. The molecular weight excluding hydrogens is 216 g/mol. The van der Waals surface area contributed by atoms with Crippen molar-refractivity contribution in [3.63, 3.8) is 0 Å². The summed E-state index contributed by atoms with van der Waals surface area (Å²) in [5, 5.41) is 27.4. The summed E-state index contributed by atoms with van der Waals surface area (Å²) >= 11 is 0. The number of aliphatic carboxylic acids is 2. The Bertz CT molecular complexity index is 228. The Balaban J connectivity index is 0.000000281. The number of nitrogens with two attached hydrogens (primary N) is 1. The quantitative estimate of drug-likeness (QED) is 0.404. The van der Waals surface area contributed by atoms with Gasteiger partial charge in [-0.2, -0.15) is 0 Å². The van der Waals surface area contributed by atoms with Crippen LogP contribution < -0.4 is 11.1 Å². The van der Waals surface area contributed by atoms with E-state index in [-0.39, 0.29) is 19.1 Å². The molecule has 0 radical (unpaired) electrons. The van der Waals surface area contributed by atoms with Crippen LogP contribution in [0.2, 0.25) is 0 Å². The number of carboxylic acid groups (broad SMARTS) is 2. The second kappa shape index (κ2) is 8.03. The van der Waals surface area contributed by atoms with Gasteiger partial charge in [0, 0.05) is 6.61 Å². The lowest BCUT2D eigenvalue weighted by molar-refractivity contribution is -0.139. The topological polar surface area (TPSA) is 133 Å². The lowest BCUT2D eigenvalue weighted by atomic mass is 10.2. The molecule has 1 aliphatic rings. The predicted octanol–water partition coefficient (Wildman–Crippen LogP) is -1.40. The summed E-state index contributed by atoms with van der Waals surface area (Å²) in [5.74, 6) is -1.79. The summed E-state index contributed by atoms with van der Waals surface area (Å²) in [7, 11) is 0.